The highest BCUT2D eigenvalue weighted by Gasteiger charge is 2.55. The molecule has 2 heterocycles. The van der Waals surface area contributed by atoms with E-state index in [0.29, 0.717) is 57.4 Å². The highest BCUT2D eigenvalue weighted by atomic mass is 16.5. The van der Waals surface area contributed by atoms with Crippen LogP contribution in [0.25, 0.3) is 11.0 Å². The van der Waals surface area contributed by atoms with E-state index < -0.39 is 5.41 Å². The number of ether oxygens (including phenoxy) is 3. The number of H-pyrrole nitrogens is 1. The molecule has 1 unspecified atom stereocenters. The molecule has 6 aromatic rings. The van der Waals surface area contributed by atoms with Crippen molar-refractivity contribution in [3.8, 4) is 17.2 Å². The van der Waals surface area contributed by atoms with Gasteiger partial charge < -0.3 is 19.2 Å². The lowest BCUT2D eigenvalue weighted by atomic mass is 9.71. The molecule has 0 saturated heterocycles. The zero-order valence-corrected chi connectivity index (χ0v) is 24.5. The third kappa shape index (κ3) is 5.10. The lowest BCUT2D eigenvalue weighted by Crippen LogP contribution is -2.41. The summed E-state index contributed by atoms with van der Waals surface area (Å²) in [6.45, 7) is 0.494. The Bertz CT molecular complexity index is 2010. The van der Waals surface area contributed by atoms with Crippen molar-refractivity contribution in [3.05, 3.63) is 149 Å². The molecule has 8 nitrogen and oxygen atoms in total. The third-order valence-corrected chi connectivity index (χ3v) is 8.18. The van der Waals surface area contributed by atoms with Crippen LogP contribution in [0.5, 0.6) is 17.2 Å². The number of nitrogens with zero attached hydrogens (tertiary/aromatic N) is 2. The molecule has 7 rings (SSSR count). The second-order valence-corrected chi connectivity index (χ2v) is 10.9. The molecule has 2 aromatic heterocycles. The maximum absolute atomic E-state index is 14.7. The molecule has 222 valence electrons. The number of rotatable bonds is 10. The number of benzene rings is 4. The SMILES string of the molecule is COc1ccc(C2(Cc3ccncc3)C(=O)c3ccc(OCc4ccccc4)cc3C2=O)c2[nH]c(COc3ccccc3)nc12. The largest absolute Gasteiger partial charge is 0.494 e. The van der Waals surface area contributed by atoms with Crippen LogP contribution in [0.4, 0.5) is 0 Å². The first kappa shape index (κ1) is 28.0. The number of aromatic amines is 1. The van der Waals surface area contributed by atoms with Crippen LogP contribution in [0.3, 0.4) is 0 Å². The lowest BCUT2D eigenvalue weighted by molar-refractivity contribution is 0.0794. The molecule has 1 atom stereocenters. The predicted molar refractivity (Wildman–Crippen MR) is 169 cm³/mol. The Balaban J connectivity index is 1.32. The maximum Gasteiger partial charge on any atom is 0.182 e. The Kier molecular flexibility index (Phi) is 7.31. The zero-order chi connectivity index (χ0) is 30.8. The number of ketones is 2. The van der Waals surface area contributed by atoms with Gasteiger partial charge >= 0.3 is 0 Å². The zero-order valence-electron chi connectivity index (χ0n) is 24.5. The summed E-state index contributed by atoms with van der Waals surface area (Å²) in [5.74, 6) is 1.68. The van der Waals surface area contributed by atoms with Crippen molar-refractivity contribution in [3.63, 3.8) is 0 Å². The van der Waals surface area contributed by atoms with Crippen LogP contribution in [-0.4, -0.2) is 33.6 Å². The number of carbonyl (C=O) groups is 2. The summed E-state index contributed by atoms with van der Waals surface area (Å²) >= 11 is 0. The van der Waals surface area contributed by atoms with E-state index in [4.69, 9.17) is 19.2 Å². The molecule has 0 saturated carbocycles. The summed E-state index contributed by atoms with van der Waals surface area (Å²) in [4.78, 5) is 41.5. The van der Waals surface area contributed by atoms with Gasteiger partial charge in [0.05, 0.1) is 12.6 Å². The Morgan fingerprint density at radius 1 is 0.711 bits per heavy atom. The molecule has 0 radical (unpaired) electrons. The number of carbonyl (C=O) groups excluding carboxylic acids is 2. The van der Waals surface area contributed by atoms with Gasteiger partial charge in [-0.1, -0.05) is 54.6 Å². The summed E-state index contributed by atoms with van der Waals surface area (Å²) in [5.41, 5.74) is 2.51. The summed E-state index contributed by atoms with van der Waals surface area (Å²) < 4.78 is 17.6. The van der Waals surface area contributed by atoms with Crippen LogP contribution >= 0.6 is 0 Å². The minimum absolute atomic E-state index is 0.137. The molecule has 4 aromatic carbocycles. The van der Waals surface area contributed by atoms with Crippen molar-refractivity contribution in [2.75, 3.05) is 7.11 Å². The first-order valence-electron chi connectivity index (χ1n) is 14.6. The number of imidazole rings is 1. The normalized spacial score (nSPS) is 15.7. The maximum atomic E-state index is 14.7. The second-order valence-electron chi connectivity index (χ2n) is 10.9. The number of nitrogens with one attached hydrogen (secondary N) is 1. The van der Waals surface area contributed by atoms with E-state index in [-0.39, 0.29) is 24.6 Å². The Labute approximate surface area is 259 Å². The quantitative estimate of drug-likeness (QED) is 0.176. The summed E-state index contributed by atoms with van der Waals surface area (Å²) in [6.07, 6.45) is 3.46. The van der Waals surface area contributed by atoms with Gasteiger partial charge in [0, 0.05) is 29.1 Å². The van der Waals surface area contributed by atoms with Gasteiger partial charge in [-0.25, -0.2) is 4.98 Å². The van der Waals surface area contributed by atoms with Crippen LogP contribution in [0.15, 0.2) is 116 Å². The first-order chi connectivity index (χ1) is 22.1. The van der Waals surface area contributed by atoms with E-state index >= 15 is 0 Å². The molecular formula is C37H29N3O5. The molecule has 1 aliphatic rings. The first-order valence-corrected chi connectivity index (χ1v) is 14.6. The molecular weight excluding hydrogens is 566 g/mol. The predicted octanol–water partition coefficient (Wildman–Crippen LogP) is 6.68. The number of Topliss-reactive ketones (excluding diaryl/α,β-unsaturated/α-hetero) is 2. The van der Waals surface area contributed by atoms with Crippen LogP contribution in [0, 0.1) is 0 Å². The van der Waals surface area contributed by atoms with Crippen molar-refractivity contribution < 1.29 is 23.8 Å². The number of aromatic nitrogens is 3. The topological polar surface area (TPSA) is 103 Å². The van der Waals surface area contributed by atoms with E-state index in [1.165, 1.54) is 0 Å². The summed E-state index contributed by atoms with van der Waals surface area (Å²) in [5, 5.41) is 0. The molecule has 0 spiro atoms. The number of pyridine rings is 1. The average Bonchev–Trinajstić information content (AvgIpc) is 3.61. The third-order valence-electron chi connectivity index (χ3n) is 8.18. The molecule has 0 bridgehead atoms. The van der Waals surface area contributed by atoms with Crippen LogP contribution in [0.2, 0.25) is 0 Å². The van der Waals surface area contributed by atoms with E-state index in [1.54, 1.807) is 49.8 Å². The molecule has 8 heteroatoms. The number of hydrogen-bond donors (Lipinski definition) is 1. The molecule has 0 amide bonds. The molecule has 45 heavy (non-hydrogen) atoms. The van der Waals surface area contributed by atoms with Crippen molar-refractivity contribution in [1.29, 1.82) is 0 Å². The van der Waals surface area contributed by atoms with Crippen molar-refractivity contribution in [1.82, 2.24) is 15.0 Å². The van der Waals surface area contributed by atoms with E-state index in [1.807, 2.05) is 72.8 Å². The molecule has 1 aliphatic carbocycles. The second kappa shape index (κ2) is 11.7. The van der Waals surface area contributed by atoms with Gasteiger partial charge in [0.1, 0.15) is 47.2 Å². The van der Waals surface area contributed by atoms with Crippen molar-refractivity contribution in [2.45, 2.75) is 25.0 Å². The van der Waals surface area contributed by atoms with Gasteiger partial charge in [-0.05, 0) is 66.1 Å². The fourth-order valence-electron chi connectivity index (χ4n) is 5.98. The van der Waals surface area contributed by atoms with E-state index in [0.717, 1.165) is 11.1 Å². The van der Waals surface area contributed by atoms with Crippen LogP contribution in [0.1, 0.15) is 43.2 Å². The average molecular weight is 596 g/mol. The van der Waals surface area contributed by atoms with Crippen molar-refractivity contribution >= 4 is 22.6 Å². The van der Waals surface area contributed by atoms with Crippen molar-refractivity contribution in [2.24, 2.45) is 0 Å². The van der Waals surface area contributed by atoms with Gasteiger partial charge in [0.25, 0.3) is 0 Å². The lowest BCUT2D eigenvalue weighted by Gasteiger charge is -2.27. The van der Waals surface area contributed by atoms with Crippen LogP contribution < -0.4 is 14.2 Å². The van der Waals surface area contributed by atoms with E-state index in [9.17, 15) is 9.59 Å². The highest BCUT2D eigenvalue weighted by molar-refractivity contribution is 6.34. The minimum atomic E-state index is -1.56. The van der Waals surface area contributed by atoms with E-state index in [2.05, 4.69) is 9.97 Å². The smallest absolute Gasteiger partial charge is 0.182 e. The Morgan fingerprint density at radius 2 is 1.42 bits per heavy atom. The molecule has 0 fully saturated rings. The Morgan fingerprint density at radius 3 is 2.18 bits per heavy atom. The number of fused-ring (bicyclic) bond motifs is 2. The minimum Gasteiger partial charge on any atom is -0.494 e. The summed E-state index contributed by atoms with van der Waals surface area (Å²) in [7, 11) is 1.56. The van der Waals surface area contributed by atoms with Gasteiger partial charge in [-0.3, -0.25) is 14.6 Å². The summed E-state index contributed by atoms with van der Waals surface area (Å²) in [6, 6.07) is 31.5. The number of hydrogen-bond acceptors (Lipinski definition) is 7. The number of methoxy groups -OCH3 is 1. The standard InChI is InChI=1S/C37H29N3O5/c1-43-31-15-14-30(33-34(31)40-32(39-33)23-45-26-10-6-3-7-11-26)37(21-24-16-18-38-19-17-24)35(41)28-13-12-27(20-29(28)36(37)42)44-22-25-8-4-2-5-9-25/h2-20H,21-23H2,1H3,(H,39,40). The van der Waals surface area contributed by atoms with Gasteiger partial charge in [0.15, 0.2) is 11.6 Å². The Hall–Kier alpha value is -5.76. The van der Waals surface area contributed by atoms with Gasteiger partial charge in [0.2, 0.25) is 0 Å². The highest BCUT2D eigenvalue weighted by Crippen LogP contribution is 2.46. The molecule has 1 N–H and O–H groups in total. The molecule has 0 aliphatic heterocycles. The van der Waals surface area contributed by atoms with Gasteiger partial charge in [-0.2, -0.15) is 0 Å². The van der Waals surface area contributed by atoms with Crippen LogP contribution in [-0.2, 0) is 25.0 Å². The monoisotopic (exact) mass is 595 g/mol. The fraction of sp³-hybridized carbons (Fsp3) is 0.135. The fourth-order valence-corrected chi connectivity index (χ4v) is 5.98. The number of para-hydroxylation sites is 1. The van der Waals surface area contributed by atoms with Gasteiger partial charge in [-0.15, -0.1) is 0 Å².